The first-order valence-corrected chi connectivity index (χ1v) is 6.38. The largest absolute Gasteiger partial charge is 0.484 e. The van der Waals surface area contributed by atoms with Crippen LogP contribution in [0.5, 0.6) is 5.75 Å². The van der Waals surface area contributed by atoms with Crippen LogP contribution in [0.2, 0.25) is 0 Å². The minimum Gasteiger partial charge on any atom is -0.484 e. The maximum absolute atomic E-state index is 11.2. The summed E-state index contributed by atoms with van der Waals surface area (Å²) in [6, 6.07) is 6.94. The van der Waals surface area contributed by atoms with Crippen LogP contribution in [0.1, 0.15) is 12.5 Å². The van der Waals surface area contributed by atoms with Crippen molar-refractivity contribution in [2.24, 2.45) is 5.84 Å². The monoisotopic (exact) mass is 280 g/mol. The van der Waals surface area contributed by atoms with Crippen LogP contribution in [0, 0.1) is 0 Å². The van der Waals surface area contributed by atoms with E-state index in [-0.39, 0.29) is 12.5 Å². The number of hydrazine groups is 1. The van der Waals surface area contributed by atoms with Gasteiger partial charge in [-0.2, -0.15) is 0 Å². The molecule has 5 N–H and O–H groups in total. The third-order valence-corrected chi connectivity index (χ3v) is 2.50. The van der Waals surface area contributed by atoms with Crippen LogP contribution in [0.4, 0.5) is 4.79 Å². The van der Waals surface area contributed by atoms with E-state index in [2.05, 4.69) is 10.6 Å². The van der Waals surface area contributed by atoms with Crippen LogP contribution in [-0.4, -0.2) is 31.6 Å². The van der Waals surface area contributed by atoms with Gasteiger partial charge in [-0.15, -0.1) is 0 Å². The Morgan fingerprint density at radius 3 is 2.50 bits per heavy atom. The molecule has 0 aliphatic heterocycles. The van der Waals surface area contributed by atoms with E-state index in [0.29, 0.717) is 25.3 Å². The summed E-state index contributed by atoms with van der Waals surface area (Å²) in [5.41, 5.74) is 3.04. The zero-order valence-corrected chi connectivity index (χ0v) is 11.4. The quantitative estimate of drug-likeness (QED) is 0.318. The van der Waals surface area contributed by atoms with Gasteiger partial charge in [0, 0.05) is 13.1 Å². The first-order chi connectivity index (χ1) is 9.65. The Morgan fingerprint density at radius 1 is 1.20 bits per heavy atom. The van der Waals surface area contributed by atoms with Gasteiger partial charge in [0.15, 0.2) is 6.61 Å². The number of urea groups is 1. The summed E-state index contributed by atoms with van der Waals surface area (Å²) in [6.45, 7) is 2.93. The third kappa shape index (κ3) is 6.05. The van der Waals surface area contributed by atoms with Gasteiger partial charge in [0.05, 0.1) is 0 Å². The van der Waals surface area contributed by atoms with Gasteiger partial charge in [-0.3, -0.25) is 10.2 Å². The van der Waals surface area contributed by atoms with Crippen LogP contribution in [0.15, 0.2) is 24.3 Å². The molecule has 0 aliphatic rings. The highest BCUT2D eigenvalue weighted by Gasteiger charge is 2.01. The van der Waals surface area contributed by atoms with E-state index in [1.54, 1.807) is 12.1 Å². The van der Waals surface area contributed by atoms with Gasteiger partial charge >= 0.3 is 6.03 Å². The Bertz CT molecular complexity index is 434. The molecule has 7 heteroatoms. The lowest BCUT2D eigenvalue weighted by molar-refractivity contribution is -0.122. The molecule has 1 rings (SSSR count). The summed E-state index contributed by atoms with van der Waals surface area (Å²) in [4.78, 5) is 22.1. The Kier molecular flexibility index (Phi) is 6.91. The van der Waals surface area contributed by atoms with E-state index in [9.17, 15) is 9.59 Å². The highest BCUT2D eigenvalue weighted by molar-refractivity contribution is 5.77. The molecule has 110 valence electrons. The highest BCUT2D eigenvalue weighted by Crippen LogP contribution is 2.12. The van der Waals surface area contributed by atoms with Crippen molar-refractivity contribution in [2.75, 3.05) is 19.7 Å². The molecule has 0 bridgehead atoms. The SMILES string of the molecule is CCNC(=O)COc1ccc(CCNC(=O)NN)cc1. The number of benzene rings is 1. The molecule has 0 unspecified atom stereocenters. The number of rotatable bonds is 7. The van der Waals surface area contributed by atoms with Crippen molar-refractivity contribution in [3.63, 3.8) is 0 Å². The number of carbonyl (C=O) groups excluding carboxylic acids is 2. The number of hydrogen-bond donors (Lipinski definition) is 4. The lowest BCUT2D eigenvalue weighted by Crippen LogP contribution is -2.40. The fourth-order valence-corrected chi connectivity index (χ4v) is 1.52. The summed E-state index contributed by atoms with van der Waals surface area (Å²) >= 11 is 0. The molecule has 3 amide bonds. The van der Waals surface area contributed by atoms with Gasteiger partial charge in [0.2, 0.25) is 0 Å². The van der Waals surface area contributed by atoms with Gasteiger partial charge in [0.25, 0.3) is 5.91 Å². The lowest BCUT2D eigenvalue weighted by atomic mass is 10.1. The molecule has 0 aromatic heterocycles. The molecule has 1 aromatic carbocycles. The number of nitrogens with two attached hydrogens (primary N) is 1. The van der Waals surface area contributed by atoms with E-state index in [1.165, 1.54) is 0 Å². The normalized spacial score (nSPS) is 9.70. The number of carbonyl (C=O) groups is 2. The van der Waals surface area contributed by atoms with Gasteiger partial charge in [0.1, 0.15) is 5.75 Å². The average molecular weight is 280 g/mol. The topological polar surface area (TPSA) is 105 Å². The van der Waals surface area contributed by atoms with Crippen molar-refractivity contribution >= 4 is 11.9 Å². The Balaban J connectivity index is 2.32. The molecule has 0 atom stereocenters. The molecule has 0 saturated heterocycles. The Morgan fingerprint density at radius 2 is 1.90 bits per heavy atom. The summed E-state index contributed by atoms with van der Waals surface area (Å²) in [5.74, 6) is 5.43. The third-order valence-electron chi connectivity index (χ3n) is 2.50. The molecule has 0 heterocycles. The zero-order valence-electron chi connectivity index (χ0n) is 11.4. The predicted molar refractivity (Wildman–Crippen MR) is 75.0 cm³/mol. The maximum Gasteiger partial charge on any atom is 0.328 e. The van der Waals surface area contributed by atoms with Crippen LogP contribution in [0.3, 0.4) is 0 Å². The summed E-state index contributed by atoms with van der Waals surface area (Å²) in [6.07, 6.45) is 0.685. The first-order valence-electron chi connectivity index (χ1n) is 6.38. The molecule has 0 saturated carbocycles. The summed E-state index contributed by atoms with van der Waals surface area (Å²) in [7, 11) is 0. The van der Waals surface area contributed by atoms with Crippen molar-refractivity contribution in [2.45, 2.75) is 13.3 Å². The number of nitrogens with one attached hydrogen (secondary N) is 3. The van der Waals surface area contributed by atoms with Crippen molar-refractivity contribution in [3.05, 3.63) is 29.8 Å². The Hall–Kier alpha value is -2.28. The predicted octanol–water partition coefficient (Wildman–Crippen LogP) is -0.0831. The fraction of sp³-hybridized carbons (Fsp3) is 0.385. The second-order valence-corrected chi connectivity index (χ2v) is 4.04. The molecule has 7 nitrogen and oxygen atoms in total. The van der Waals surface area contributed by atoms with Gasteiger partial charge < -0.3 is 15.4 Å². The van der Waals surface area contributed by atoms with Gasteiger partial charge in [-0.05, 0) is 31.0 Å². The molecule has 1 aromatic rings. The summed E-state index contributed by atoms with van der Waals surface area (Å²) in [5, 5.41) is 5.24. The van der Waals surface area contributed by atoms with E-state index in [4.69, 9.17) is 10.6 Å². The van der Waals surface area contributed by atoms with Crippen LogP contribution in [-0.2, 0) is 11.2 Å². The van der Waals surface area contributed by atoms with E-state index >= 15 is 0 Å². The van der Waals surface area contributed by atoms with E-state index in [1.807, 2.05) is 24.5 Å². The number of amides is 3. The van der Waals surface area contributed by atoms with E-state index < -0.39 is 6.03 Å². The first kappa shape index (κ1) is 15.8. The molecule has 20 heavy (non-hydrogen) atoms. The maximum atomic E-state index is 11.2. The van der Waals surface area contributed by atoms with Crippen molar-refractivity contribution in [1.82, 2.24) is 16.1 Å². The van der Waals surface area contributed by atoms with E-state index in [0.717, 1.165) is 5.56 Å². The number of hydrogen-bond acceptors (Lipinski definition) is 4. The number of likely N-dealkylation sites (N-methyl/N-ethyl adjacent to an activating group) is 1. The molecular weight excluding hydrogens is 260 g/mol. The molecule has 0 fully saturated rings. The lowest BCUT2D eigenvalue weighted by Gasteiger charge is -2.07. The molecular formula is C13H20N4O3. The zero-order chi connectivity index (χ0) is 14.8. The second-order valence-electron chi connectivity index (χ2n) is 4.04. The standard InChI is InChI=1S/C13H20N4O3/c1-2-15-12(18)9-20-11-5-3-10(4-6-11)7-8-16-13(19)17-14/h3-6H,2,7-9,14H2,1H3,(H,15,18)(H2,16,17,19). The Labute approximate surface area is 117 Å². The fourth-order valence-electron chi connectivity index (χ4n) is 1.52. The van der Waals surface area contributed by atoms with Crippen molar-refractivity contribution in [1.29, 1.82) is 0 Å². The van der Waals surface area contributed by atoms with Gasteiger partial charge in [-0.1, -0.05) is 12.1 Å². The minimum absolute atomic E-state index is 0.00537. The highest BCUT2D eigenvalue weighted by atomic mass is 16.5. The molecule has 0 radical (unpaired) electrons. The number of ether oxygens (including phenoxy) is 1. The van der Waals surface area contributed by atoms with Crippen molar-refractivity contribution in [3.8, 4) is 5.75 Å². The van der Waals surface area contributed by atoms with Crippen LogP contribution >= 0.6 is 0 Å². The second kappa shape index (κ2) is 8.76. The summed E-state index contributed by atoms with van der Waals surface area (Å²) < 4.78 is 5.33. The van der Waals surface area contributed by atoms with Crippen molar-refractivity contribution < 1.29 is 14.3 Å². The molecule has 0 aliphatic carbocycles. The van der Waals surface area contributed by atoms with Gasteiger partial charge in [-0.25, -0.2) is 10.6 Å². The van der Waals surface area contributed by atoms with Crippen LogP contribution < -0.4 is 26.6 Å². The smallest absolute Gasteiger partial charge is 0.328 e. The van der Waals surface area contributed by atoms with Crippen LogP contribution in [0.25, 0.3) is 0 Å². The molecule has 0 spiro atoms. The average Bonchev–Trinajstić information content (AvgIpc) is 2.46. The minimum atomic E-state index is -0.410.